The summed E-state index contributed by atoms with van der Waals surface area (Å²) in [6.45, 7) is 0. The van der Waals surface area contributed by atoms with Gasteiger partial charge >= 0.3 is 0 Å². The molecule has 1 aromatic carbocycles. The summed E-state index contributed by atoms with van der Waals surface area (Å²) in [7, 11) is 0. The first-order valence-electron chi connectivity index (χ1n) is 5.25. The number of rotatable bonds is 3. The summed E-state index contributed by atoms with van der Waals surface area (Å²) in [6.07, 6.45) is 5.47. The summed E-state index contributed by atoms with van der Waals surface area (Å²) in [5.41, 5.74) is 2.81. The number of halogens is 1. The standard InChI is InChI=1S/C12H9ClN4O2/c13-9-1-2-11(18)8(5-9)6-16-17-12(19)10-7-14-3-4-15-10/h1-7,18H,(H,17,19)/b16-6+. The van der Waals surface area contributed by atoms with Gasteiger partial charge in [0.15, 0.2) is 0 Å². The van der Waals surface area contributed by atoms with Crippen LogP contribution in [0.1, 0.15) is 16.1 Å². The van der Waals surface area contributed by atoms with Gasteiger partial charge in [0.25, 0.3) is 5.91 Å². The summed E-state index contributed by atoms with van der Waals surface area (Å²) in [5.74, 6) is -0.479. The number of aromatic nitrogens is 2. The molecule has 0 aliphatic carbocycles. The zero-order valence-corrected chi connectivity index (χ0v) is 10.4. The third-order valence-corrected chi connectivity index (χ3v) is 2.39. The number of nitrogens with one attached hydrogen (secondary N) is 1. The van der Waals surface area contributed by atoms with Crippen molar-refractivity contribution in [3.8, 4) is 5.75 Å². The van der Waals surface area contributed by atoms with Crippen molar-refractivity contribution in [3.05, 3.63) is 53.1 Å². The highest BCUT2D eigenvalue weighted by Gasteiger charge is 2.05. The Balaban J connectivity index is 2.04. The van der Waals surface area contributed by atoms with Crippen LogP contribution in [0.15, 0.2) is 41.9 Å². The van der Waals surface area contributed by atoms with Gasteiger partial charge in [-0.2, -0.15) is 5.10 Å². The van der Waals surface area contributed by atoms with Crippen LogP contribution in [-0.4, -0.2) is 27.2 Å². The van der Waals surface area contributed by atoms with Crippen LogP contribution < -0.4 is 5.43 Å². The van der Waals surface area contributed by atoms with E-state index in [0.29, 0.717) is 10.6 Å². The van der Waals surface area contributed by atoms with Crippen molar-refractivity contribution < 1.29 is 9.90 Å². The number of hydrogen-bond donors (Lipinski definition) is 2. The van der Waals surface area contributed by atoms with E-state index in [1.165, 1.54) is 36.9 Å². The van der Waals surface area contributed by atoms with Crippen LogP contribution in [0.3, 0.4) is 0 Å². The molecule has 0 spiro atoms. The van der Waals surface area contributed by atoms with E-state index in [4.69, 9.17) is 11.6 Å². The number of phenolic OH excluding ortho intramolecular Hbond substituents is 1. The van der Waals surface area contributed by atoms with Crippen molar-refractivity contribution in [3.63, 3.8) is 0 Å². The highest BCUT2D eigenvalue weighted by atomic mass is 35.5. The lowest BCUT2D eigenvalue weighted by Gasteiger charge is -2.00. The fourth-order valence-electron chi connectivity index (χ4n) is 1.26. The second kappa shape index (κ2) is 5.92. The smallest absolute Gasteiger partial charge is 0.291 e. The monoisotopic (exact) mass is 276 g/mol. The number of benzene rings is 1. The van der Waals surface area contributed by atoms with E-state index >= 15 is 0 Å². The van der Waals surface area contributed by atoms with Crippen LogP contribution in [0.5, 0.6) is 5.75 Å². The minimum atomic E-state index is -0.495. The number of phenols is 1. The van der Waals surface area contributed by atoms with Gasteiger partial charge in [0, 0.05) is 23.0 Å². The lowest BCUT2D eigenvalue weighted by atomic mass is 10.2. The fraction of sp³-hybridized carbons (Fsp3) is 0. The molecule has 1 aromatic heterocycles. The average Bonchev–Trinajstić information content (AvgIpc) is 2.43. The molecule has 96 valence electrons. The van der Waals surface area contributed by atoms with E-state index in [-0.39, 0.29) is 11.4 Å². The van der Waals surface area contributed by atoms with Crippen LogP contribution in [-0.2, 0) is 0 Å². The zero-order chi connectivity index (χ0) is 13.7. The van der Waals surface area contributed by atoms with E-state index in [2.05, 4.69) is 20.5 Å². The van der Waals surface area contributed by atoms with E-state index in [1.54, 1.807) is 6.07 Å². The Morgan fingerprint density at radius 2 is 2.26 bits per heavy atom. The molecule has 0 atom stereocenters. The zero-order valence-electron chi connectivity index (χ0n) is 9.62. The molecular formula is C12H9ClN4O2. The van der Waals surface area contributed by atoms with Gasteiger partial charge < -0.3 is 5.11 Å². The minimum absolute atomic E-state index is 0.0156. The molecule has 0 radical (unpaired) electrons. The molecular weight excluding hydrogens is 268 g/mol. The molecule has 0 bridgehead atoms. The van der Waals surface area contributed by atoms with E-state index < -0.39 is 5.91 Å². The lowest BCUT2D eigenvalue weighted by molar-refractivity contribution is 0.0949. The molecule has 2 N–H and O–H groups in total. The Morgan fingerprint density at radius 1 is 1.42 bits per heavy atom. The Hall–Kier alpha value is -2.47. The van der Waals surface area contributed by atoms with Gasteiger partial charge in [0.2, 0.25) is 0 Å². The maximum absolute atomic E-state index is 11.6. The quantitative estimate of drug-likeness (QED) is 0.658. The highest BCUT2D eigenvalue weighted by Crippen LogP contribution is 2.19. The molecule has 0 aliphatic heterocycles. The highest BCUT2D eigenvalue weighted by molar-refractivity contribution is 6.30. The molecule has 6 nitrogen and oxygen atoms in total. The first kappa shape index (κ1) is 13.0. The number of nitrogens with zero attached hydrogens (tertiary/aromatic N) is 3. The Kier molecular flexibility index (Phi) is 4.04. The number of hydrazone groups is 1. The maximum atomic E-state index is 11.6. The van der Waals surface area contributed by atoms with Crippen molar-refractivity contribution in [1.29, 1.82) is 0 Å². The topological polar surface area (TPSA) is 87.5 Å². The predicted octanol–water partition coefficient (Wildman–Crippen LogP) is 1.60. The molecule has 0 unspecified atom stereocenters. The summed E-state index contributed by atoms with van der Waals surface area (Å²) in [4.78, 5) is 19.2. The lowest BCUT2D eigenvalue weighted by Crippen LogP contribution is -2.19. The molecule has 7 heteroatoms. The largest absolute Gasteiger partial charge is 0.507 e. The Morgan fingerprint density at radius 3 is 3.00 bits per heavy atom. The first-order chi connectivity index (χ1) is 9.16. The van der Waals surface area contributed by atoms with Crippen molar-refractivity contribution in [2.24, 2.45) is 5.10 Å². The Labute approximate surface area is 113 Å². The van der Waals surface area contributed by atoms with Gasteiger partial charge in [-0.1, -0.05) is 11.6 Å². The van der Waals surface area contributed by atoms with Gasteiger partial charge in [-0.25, -0.2) is 10.4 Å². The predicted molar refractivity (Wildman–Crippen MR) is 70.2 cm³/mol. The molecule has 19 heavy (non-hydrogen) atoms. The van der Waals surface area contributed by atoms with Crippen molar-refractivity contribution in [2.45, 2.75) is 0 Å². The molecule has 0 fully saturated rings. The van der Waals surface area contributed by atoms with Gasteiger partial charge in [-0.3, -0.25) is 9.78 Å². The van der Waals surface area contributed by atoms with Crippen LogP contribution in [0, 0.1) is 0 Å². The van der Waals surface area contributed by atoms with Crippen LogP contribution in [0.25, 0.3) is 0 Å². The maximum Gasteiger partial charge on any atom is 0.291 e. The molecule has 1 amide bonds. The van der Waals surface area contributed by atoms with Crippen LogP contribution in [0.4, 0.5) is 0 Å². The van der Waals surface area contributed by atoms with Crippen LogP contribution in [0.2, 0.25) is 5.02 Å². The fourth-order valence-corrected chi connectivity index (χ4v) is 1.44. The summed E-state index contributed by atoms with van der Waals surface area (Å²) in [5, 5.41) is 13.7. The number of carbonyl (C=O) groups is 1. The van der Waals surface area contributed by atoms with Gasteiger partial charge in [0.1, 0.15) is 11.4 Å². The number of aromatic hydroxyl groups is 1. The number of amides is 1. The van der Waals surface area contributed by atoms with Crippen molar-refractivity contribution >= 4 is 23.7 Å². The second-order valence-electron chi connectivity index (χ2n) is 3.49. The normalized spacial score (nSPS) is 10.6. The minimum Gasteiger partial charge on any atom is -0.507 e. The van der Waals surface area contributed by atoms with E-state index in [0.717, 1.165) is 0 Å². The molecule has 2 rings (SSSR count). The van der Waals surface area contributed by atoms with Crippen molar-refractivity contribution in [1.82, 2.24) is 15.4 Å². The summed E-state index contributed by atoms with van der Waals surface area (Å²) < 4.78 is 0. The second-order valence-corrected chi connectivity index (χ2v) is 3.93. The van der Waals surface area contributed by atoms with Gasteiger partial charge in [0.05, 0.1) is 12.4 Å². The number of hydrogen-bond acceptors (Lipinski definition) is 5. The molecule has 0 saturated carbocycles. The molecule has 2 aromatic rings. The Bertz CT molecular complexity index is 616. The molecule has 0 saturated heterocycles. The average molecular weight is 277 g/mol. The van der Waals surface area contributed by atoms with Gasteiger partial charge in [-0.15, -0.1) is 0 Å². The molecule has 1 heterocycles. The van der Waals surface area contributed by atoms with Gasteiger partial charge in [-0.05, 0) is 18.2 Å². The van der Waals surface area contributed by atoms with Crippen LogP contribution >= 0.6 is 11.6 Å². The SMILES string of the molecule is O=C(N/N=C/c1cc(Cl)ccc1O)c1cnccn1. The summed E-state index contributed by atoms with van der Waals surface area (Å²) >= 11 is 5.78. The van der Waals surface area contributed by atoms with Crippen molar-refractivity contribution in [2.75, 3.05) is 0 Å². The summed E-state index contributed by atoms with van der Waals surface area (Å²) in [6, 6.07) is 4.51. The third kappa shape index (κ3) is 3.49. The first-order valence-corrected chi connectivity index (χ1v) is 5.62. The molecule has 0 aliphatic rings. The van der Waals surface area contributed by atoms with E-state index in [1.807, 2.05) is 0 Å². The third-order valence-electron chi connectivity index (χ3n) is 2.16. The number of carbonyl (C=O) groups excluding carboxylic acids is 1. The van der Waals surface area contributed by atoms with E-state index in [9.17, 15) is 9.90 Å².